The van der Waals surface area contributed by atoms with Crippen LogP contribution >= 0.6 is 0 Å². The number of esters is 1. The van der Waals surface area contributed by atoms with Crippen molar-refractivity contribution in [2.24, 2.45) is 28.1 Å². The quantitative estimate of drug-likeness (QED) is 0.0411. The Morgan fingerprint density at radius 1 is 0.487 bits per heavy atom. The van der Waals surface area contributed by atoms with Gasteiger partial charge in [-0.05, 0) is 86.5 Å². The molecule has 9 rings (SSSR count). The normalized spacial score (nSPS) is 54.5. The Labute approximate surface area is 448 Å². The second-order valence-corrected chi connectivity index (χ2v) is 23.6. The van der Waals surface area contributed by atoms with Gasteiger partial charge in [0.1, 0.15) is 116 Å². The summed E-state index contributed by atoms with van der Waals surface area (Å²) in [5, 5.41) is 181. The molecule has 9 aliphatic rings. The highest BCUT2D eigenvalue weighted by Crippen LogP contribution is 2.74. The molecule has 78 heavy (non-hydrogen) atoms. The van der Waals surface area contributed by atoms with Gasteiger partial charge in [-0.1, -0.05) is 19.9 Å². The molecule has 28 nitrogen and oxygen atoms in total. The highest BCUT2D eigenvalue weighted by Gasteiger charge is 2.70. The fourth-order valence-electron chi connectivity index (χ4n) is 15.0. The predicted molar refractivity (Wildman–Crippen MR) is 252 cm³/mol. The summed E-state index contributed by atoms with van der Waals surface area (Å²) < 4.78 is 60.1. The van der Waals surface area contributed by atoms with Gasteiger partial charge in [-0.3, -0.25) is 4.79 Å². The zero-order valence-corrected chi connectivity index (χ0v) is 43.3. The summed E-state index contributed by atoms with van der Waals surface area (Å²) in [7, 11) is 0. The predicted octanol–water partition coefficient (Wildman–Crippen LogP) is -7.29. The molecule has 28 heteroatoms. The molecule has 0 aromatic carbocycles. The highest BCUT2D eigenvalue weighted by atomic mass is 16.8. The molecule has 4 aliphatic carbocycles. The van der Waals surface area contributed by atoms with Gasteiger partial charge in [-0.25, -0.2) is 0 Å². The first-order chi connectivity index (χ1) is 36.9. The average molecular weight is 1130 g/mol. The largest absolute Gasteiger partial charge is 0.432 e. The molecular formula is C50H80O28. The Kier molecular flexibility index (Phi) is 18.2. The molecule has 31 atom stereocenters. The van der Waals surface area contributed by atoms with E-state index in [4.69, 9.17) is 47.4 Å². The van der Waals surface area contributed by atoms with Crippen LogP contribution in [0.15, 0.2) is 12.2 Å². The first-order valence-corrected chi connectivity index (χ1v) is 26.9. The summed E-state index contributed by atoms with van der Waals surface area (Å²) >= 11 is 0. The van der Waals surface area contributed by atoms with E-state index in [2.05, 4.69) is 13.5 Å². The minimum Gasteiger partial charge on any atom is -0.432 e. The zero-order valence-electron chi connectivity index (χ0n) is 43.3. The smallest absolute Gasteiger partial charge is 0.314 e. The van der Waals surface area contributed by atoms with E-state index in [1.807, 2.05) is 0 Å². The number of carbonyl (C=O) groups is 1. The molecule has 448 valence electrons. The van der Waals surface area contributed by atoms with Crippen molar-refractivity contribution in [1.29, 1.82) is 0 Å². The maximum absolute atomic E-state index is 15.2. The molecule has 5 heterocycles. The summed E-state index contributed by atoms with van der Waals surface area (Å²) in [6, 6.07) is 0. The highest BCUT2D eigenvalue weighted by molar-refractivity contribution is 5.77. The second-order valence-electron chi connectivity index (χ2n) is 23.6. The van der Waals surface area contributed by atoms with Crippen LogP contribution in [-0.2, 0) is 52.2 Å². The Hall–Kier alpha value is -1.83. The lowest BCUT2D eigenvalue weighted by molar-refractivity contribution is -0.389. The van der Waals surface area contributed by atoms with Crippen LogP contribution in [0.2, 0.25) is 0 Å². The summed E-state index contributed by atoms with van der Waals surface area (Å²) in [6.45, 7) is 4.24. The Morgan fingerprint density at radius 2 is 0.910 bits per heavy atom. The fourth-order valence-corrected chi connectivity index (χ4v) is 15.0. The van der Waals surface area contributed by atoms with Crippen molar-refractivity contribution in [3.05, 3.63) is 12.2 Å². The number of hydrogen-bond acceptors (Lipinski definition) is 28. The summed E-state index contributed by atoms with van der Waals surface area (Å²) in [6.07, 6.45) is -40.0. The van der Waals surface area contributed by atoms with E-state index < -0.39 is 214 Å². The standard InChI is InChI=1S/C50H80O28/c1-18-11-49-9-5-24-47(2,25(49)6-10-50(18,17-49)78-45-39(34(64)29(59)22(15-54)73-45)75-42-36(66)32(62)27(57)20(13-52)70-42)7-4-8-48(24,3)46(68)77-44-40(76-43-37(67)33(63)28(58)21(14-53)71-43)38(30(60)23(16-55)72-44)74-41-35(65)31(61)26(56)19(12-51)69-41/h19-45,51-67H,1,4-17H2,2-3H3/t19-,20-,21-,22-,23-,24+,25+,26-,27-,28-,29-,30-,31+,32+,33+,34+,35-,36-,37-,38+,39-,40-,41+,42+,43+,44+,45+,47-,48-,49?,50+/m1/s1. The molecular weight excluding hydrogens is 1050 g/mol. The molecule has 0 radical (unpaired) electrons. The molecule has 9 fully saturated rings. The van der Waals surface area contributed by atoms with E-state index in [9.17, 15) is 86.8 Å². The van der Waals surface area contributed by atoms with E-state index in [-0.39, 0.29) is 11.8 Å². The topological polar surface area (TPSA) is 453 Å². The van der Waals surface area contributed by atoms with Gasteiger partial charge in [0.2, 0.25) is 6.29 Å². The van der Waals surface area contributed by atoms with Crippen LogP contribution in [0.4, 0.5) is 0 Å². The third-order valence-corrected chi connectivity index (χ3v) is 19.2. The van der Waals surface area contributed by atoms with Crippen LogP contribution in [0.5, 0.6) is 0 Å². The molecule has 17 N–H and O–H groups in total. The lowest BCUT2D eigenvalue weighted by atomic mass is 9.41. The number of aliphatic hydroxyl groups excluding tert-OH is 17. The van der Waals surface area contributed by atoms with Crippen LogP contribution in [-0.4, -0.2) is 285 Å². The fraction of sp³-hybridized carbons (Fsp3) is 0.940. The molecule has 5 saturated heterocycles. The number of fused-ring (bicyclic) bond motifs is 3. The number of rotatable bonds is 15. The van der Waals surface area contributed by atoms with Crippen LogP contribution in [0.3, 0.4) is 0 Å². The molecule has 0 aromatic heterocycles. The van der Waals surface area contributed by atoms with Crippen molar-refractivity contribution in [1.82, 2.24) is 0 Å². The first kappa shape index (κ1) is 60.8. The minimum atomic E-state index is -2.05. The molecule has 4 saturated carbocycles. The van der Waals surface area contributed by atoms with E-state index in [1.54, 1.807) is 6.92 Å². The van der Waals surface area contributed by atoms with Gasteiger partial charge in [-0.15, -0.1) is 0 Å². The molecule has 1 unspecified atom stereocenters. The van der Waals surface area contributed by atoms with Gasteiger partial charge in [0.05, 0.1) is 44.1 Å². The first-order valence-electron chi connectivity index (χ1n) is 26.9. The third-order valence-electron chi connectivity index (χ3n) is 19.2. The Bertz CT molecular complexity index is 2070. The van der Waals surface area contributed by atoms with Crippen LogP contribution < -0.4 is 0 Å². The van der Waals surface area contributed by atoms with Crippen LogP contribution in [0.25, 0.3) is 0 Å². The molecule has 2 bridgehead atoms. The third kappa shape index (κ3) is 10.3. The van der Waals surface area contributed by atoms with E-state index in [0.717, 1.165) is 0 Å². The molecule has 0 amide bonds. The van der Waals surface area contributed by atoms with Crippen molar-refractivity contribution >= 4 is 5.97 Å². The SMILES string of the molecule is C=C1CC23CC[C@H]4[C@@](C)(CCC[C@@]4(C)C(=O)O[C@@H]4O[C@H](CO)[C@@H](O)[C@H](O[C@@H]5O[C@H](CO)[C@@H](O)[C@H](O)[C@H]5O)[C@H]4O[C@@H]4O[C@H](CO)[C@@H](O)[C@H](O)[C@H]4O)[C@@H]2CC[C@]1(O[C@@H]1O[C@H](CO)[C@@H](O)[C@H](O)[C@H]1O[C@@H]1O[C@H](CO)[C@@H](O)[C@H](O)[C@H]1O)C3. The van der Waals surface area contributed by atoms with Gasteiger partial charge < -0.3 is 134 Å². The van der Waals surface area contributed by atoms with Crippen LogP contribution in [0, 0.1) is 28.1 Å². The number of aliphatic hydroxyl groups is 17. The van der Waals surface area contributed by atoms with E-state index in [0.29, 0.717) is 63.4 Å². The number of carbonyl (C=O) groups excluding carboxylic acids is 1. The molecule has 1 spiro atoms. The van der Waals surface area contributed by atoms with Crippen LogP contribution in [0.1, 0.15) is 71.6 Å². The van der Waals surface area contributed by atoms with Gasteiger partial charge in [-0.2, -0.15) is 0 Å². The number of hydrogen-bond donors (Lipinski definition) is 17. The van der Waals surface area contributed by atoms with Gasteiger partial charge >= 0.3 is 5.97 Å². The maximum atomic E-state index is 15.2. The van der Waals surface area contributed by atoms with Crippen molar-refractivity contribution < 1.29 is 139 Å². The average Bonchev–Trinajstić information content (AvgIpc) is 3.28. The summed E-state index contributed by atoms with van der Waals surface area (Å²) in [4.78, 5) is 15.2. The van der Waals surface area contributed by atoms with Crippen molar-refractivity contribution in [3.8, 4) is 0 Å². The summed E-state index contributed by atoms with van der Waals surface area (Å²) in [5.74, 6) is -1.22. The van der Waals surface area contributed by atoms with Gasteiger partial charge in [0.25, 0.3) is 0 Å². The monoisotopic (exact) mass is 1130 g/mol. The van der Waals surface area contributed by atoms with Gasteiger partial charge in [0, 0.05) is 0 Å². The minimum absolute atomic E-state index is 0.0587. The van der Waals surface area contributed by atoms with Crippen molar-refractivity contribution in [2.75, 3.05) is 33.0 Å². The summed E-state index contributed by atoms with van der Waals surface area (Å²) in [5.41, 5.74) is -2.71. The lowest BCUT2D eigenvalue weighted by Crippen LogP contribution is -2.67. The second kappa shape index (κ2) is 23.3. The molecule has 5 aliphatic heterocycles. The van der Waals surface area contributed by atoms with E-state index >= 15 is 4.79 Å². The Balaban J connectivity index is 0.966. The lowest BCUT2D eigenvalue weighted by Gasteiger charge is -2.64. The van der Waals surface area contributed by atoms with Crippen molar-refractivity contribution in [2.45, 2.75) is 231 Å². The van der Waals surface area contributed by atoms with Crippen molar-refractivity contribution in [3.63, 3.8) is 0 Å². The van der Waals surface area contributed by atoms with Gasteiger partial charge in [0.15, 0.2) is 31.3 Å². The zero-order chi connectivity index (χ0) is 56.7. The van der Waals surface area contributed by atoms with E-state index in [1.165, 1.54) is 0 Å². The molecule has 0 aromatic rings. The Morgan fingerprint density at radius 3 is 1.41 bits per heavy atom. The number of ether oxygens (including phenoxy) is 10. The maximum Gasteiger partial charge on any atom is 0.314 e.